The molecule has 20 heavy (non-hydrogen) atoms. The van der Waals surface area contributed by atoms with E-state index in [1.807, 2.05) is 0 Å². The number of halogens is 2. The molecule has 0 saturated heterocycles. The number of carboxylic acid groups (broad SMARTS) is 1. The molecule has 0 aliphatic heterocycles. The molecule has 0 heterocycles. The Morgan fingerprint density at radius 3 is 2.60 bits per heavy atom. The summed E-state index contributed by atoms with van der Waals surface area (Å²) in [6, 6.07) is 4.94. The average Bonchev–Trinajstić information content (AvgIpc) is 2.29. The third-order valence-corrected chi connectivity index (χ3v) is 3.00. The number of rotatable bonds is 6. The van der Waals surface area contributed by atoms with Crippen molar-refractivity contribution in [3.05, 3.63) is 24.3 Å². The molecule has 0 aliphatic rings. The van der Waals surface area contributed by atoms with Crippen molar-refractivity contribution in [1.29, 1.82) is 0 Å². The van der Waals surface area contributed by atoms with Crippen molar-refractivity contribution in [3.8, 4) is 0 Å². The maximum Gasteiger partial charge on any atom is 0.319 e. The van der Waals surface area contributed by atoms with Crippen molar-refractivity contribution in [2.24, 2.45) is 0 Å². The summed E-state index contributed by atoms with van der Waals surface area (Å²) < 4.78 is 24.7. The van der Waals surface area contributed by atoms with Crippen LogP contribution in [0.2, 0.25) is 0 Å². The molecule has 1 atom stereocenters. The van der Waals surface area contributed by atoms with Crippen LogP contribution in [0.15, 0.2) is 29.2 Å². The molecule has 1 aromatic rings. The van der Waals surface area contributed by atoms with Crippen LogP contribution in [0.1, 0.15) is 13.3 Å². The van der Waals surface area contributed by atoms with E-state index in [0.717, 1.165) is 0 Å². The highest BCUT2D eigenvalue weighted by atomic mass is 32.2. The normalized spacial score (nSPS) is 12.0. The van der Waals surface area contributed by atoms with Gasteiger partial charge < -0.3 is 15.7 Å². The average molecular weight is 304 g/mol. The number of carbonyl (C=O) groups is 2. The van der Waals surface area contributed by atoms with Crippen molar-refractivity contribution in [1.82, 2.24) is 5.32 Å². The molecule has 0 spiro atoms. The van der Waals surface area contributed by atoms with Gasteiger partial charge in [0.2, 0.25) is 0 Å². The predicted molar refractivity (Wildman–Crippen MR) is 72.2 cm³/mol. The van der Waals surface area contributed by atoms with E-state index in [1.165, 1.54) is 19.1 Å². The Balaban J connectivity index is 2.63. The van der Waals surface area contributed by atoms with E-state index in [2.05, 4.69) is 10.6 Å². The Morgan fingerprint density at radius 1 is 1.35 bits per heavy atom. The van der Waals surface area contributed by atoms with Crippen molar-refractivity contribution < 1.29 is 23.5 Å². The number of carboxylic acids is 1. The number of amides is 2. The number of anilines is 1. The molecule has 5 nitrogen and oxygen atoms in total. The number of nitrogens with one attached hydrogen (secondary N) is 2. The lowest BCUT2D eigenvalue weighted by Crippen LogP contribution is -2.37. The lowest BCUT2D eigenvalue weighted by molar-refractivity contribution is -0.137. The molecule has 0 saturated carbocycles. The van der Waals surface area contributed by atoms with Crippen LogP contribution >= 0.6 is 11.8 Å². The Hall–Kier alpha value is -1.83. The van der Waals surface area contributed by atoms with Gasteiger partial charge in [-0.1, -0.05) is 23.9 Å². The van der Waals surface area contributed by atoms with Gasteiger partial charge in [-0.2, -0.15) is 8.78 Å². The fourth-order valence-electron chi connectivity index (χ4n) is 1.46. The Kier molecular flexibility index (Phi) is 6.23. The van der Waals surface area contributed by atoms with Crippen molar-refractivity contribution in [2.75, 3.05) is 5.32 Å². The van der Waals surface area contributed by atoms with Gasteiger partial charge in [0, 0.05) is 10.9 Å². The summed E-state index contributed by atoms with van der Waals surface area (Å²) in [4.78, 5) is 22.3. The number of hydrogen-bond donors (Lipinski definition) is 3. The van der Waals surface area contributed by atoms with E-state index in [-0.39, 0.29) is 17.0 Å². The van der Waals surface area contributed by atoms with Crippen molar-refractivity contribution in [2.45, 2.75) is 30.0 Å². The molecule has 0 fully saturated rings. The first-order valence-electron chi connectivity index (χ1n) is 5.71. The summed E-state index contributed by atoms with van der Waals surface area (Å²) in [5.41, 5.74) is 0.248. The van der Waals surface area contributed by atoms with Gasteiger partial charge in [-0.15, -0.1) is 0 Å². The number of urea groups is 1. The van der Waals surface area contributed by atoms with Crippen LogP contribution in [0.5, 0.6) is 0 Å². The summed E-state index contributed by atoms with van der Waals surface area (Å²) in [5, 5.41) is 13.4. The van der Waals surface area contributed by atoms with E-state index >= 15 is 0 Å². The number of thioether (sulfide) groups is 1. The first-order valence-corrected chi connectivity index (χ1v) is 6.59. The van der Waals surface area contributed by atoms with Gasteiger partial charge in [0.05, 0.1) is 12.1 Å². The standard InChI is InChI=1S/C12H14F2N2O3S/c1-7(6-10(17)18)15-12(19)16-8-4-2-3-5-9(8)20-11(13)14/h2-5,7,11H,6H2,1H3,(H,17,18)(H2,15,16,19). The van der Waals surface area contributed by atoms with Gasteiger partial charge in [-0.05, 0) is 19.1 Å². The molecule has 0 bridgehead atoms. The SMILES string of the molecule is CC(CC(=O)O)NC(=O)Nc1ccccc1SC(F)F. The molecule has 8 heteroatoms. The molecule has 0 aromatic heterocycles. The number of hydrogen-bond acceptors (Lipinski definition) is 3. The molecule has 2 amide bonds. The van der Waals surface area contributed by atoms with Gasteiger partial charge in [-0.3, -0.25) is 4.79 Å². The second-order valence-electron chi connectivity index (χ2n) is 3.97. The van der Waals surface area contributed by atoms with E-state index in [1.54, 1.807) is 12.1 Å². The summed E-state index contributed by atoms with van der Waals surface area (Å²) in [7, 11) is 0. The minimum atomic E-state index is -2.59. The second-order valence-corrected chi connectivity index (χ2v) is 5.00. The number of aliphatic carboxylic acids is 1. The fraction of sp³-hybridized carbons (Fsp3) is 0.333. The van der Waals surface area contributed by atoms with E-state index in [9.17, 15) is 18.4 Å². The molecule has 0 aliphatic carbocycles. The van der Waals surface area contributed by atoms with Gasteiger partial charge in [0.25, 0.3) is 5.76 Å². The largest absolute Gasteiger partial charge is 0.481 e. The fourth-order valence-corrected chi connectivity index (χ4v) is 2.06. The molecule has 0 radical (unpaired) electrons. The highest BCUT2D eigenvalue weighted by molar-refractivity contribution is 7.99. The first kappa shape index (κ1) is 16.2. The molecule has 110 valence electrons. The quantitative estimate of drug-likeness (QED) is 0.706. The molecule has 3 N–H and O–H groups in total. The zero-order chi connectivity index (χ0) is 15.1. The van der Waals surface area contributed by atoms with Crippen LogP contribution in [0, 0.1) is 0 Å². The summed E-state index contributed by atoms with van der Waals surface area (Å²) in [5.74, 6) is -3.63. The van der Waals surface area contributed by atoms with Crippen molar-refractivity contribution in [3.63, 3.8) is 0 Å². The van der Waals surface area contributed by atoms with Crippen LogP contribution in [0.3, 0.4) is 0 Å². The van der Waals surface area contributed by atoms with E-state index in [0.29, 0.717) is 11.8 Å². The van der Waals surface area contributed by atoms with Crippen LogP contribution in [0.25, 0.3) is 0 Å². The van der Waals surface area contributed by atoms with Crippen LogP contribution in [-0.4, -0.2) is 28.9 Å². The molecule has 1 rings (SSSR count). The summed E-state index contributed by atoms with van der Waals surface area (Å²) >= 11 is 0.327. The second kappa shape index (κ2) is 7.68. The zero-order valence-electron chi connectivity index (χ0n) is 10.6. The number of para-hydroxylation sites is 1. The third-order valence-electron chi connectivity index (χ3n) is 2.21. The summed E-state index contributed by atoms with van der Waals surface area (Å²) in [6.45, 7) is 1.54. The highest BCUT2D eigenvalue weighted by Gasteiger charge is 2.14. The topological polar surface area (TPSA) is 78.4 Å². The van der Waals surface area contributed by atoms with E-state index in [4.69, 9.17) is 5.11 Å². The molecule has 1 aromatic carbocycles. The minimum absolute atomic E-state index is 0.221. The maximum atomic E-state index is 12.4. The lowest BCUT2D eigenvalue weighted by atomic mass is 10.2. The van der Waals surface area contributed by atoms with Crippen LogP contribution in [-0.2, 0) is 4.79 Å². The zero-order valence-corrected chi connectivity index (χ0v) is 11.4. The molecular weight excluding hydrogens is 290 g/mol. The monoisotopic (exact) mass is 304 g/mol. The first-order chi connectivity index (χ1) is 9.38. The third kappa shape index (κ3) is 5.87. The van der Waals surface area contributed by atoms with Crippen LogP contribution < -0.4 is 10.6 Å². The predicted octanol–water partition coefficient (Wildman–Crippen LogP) is 2.99. The Morgan fingerprint density at radius 2 is 2.00 bits per heavy atom. The number of benzene rings is 1. The molecular formula is C12H14F2N2O3S. The van der Waals surface area contributed by atoms with Gasteiger partial charge in [-0.25, -0.2) is 4.79 Å². The van der Waals surface area contributed by atoms with Gasteiger partial charge >= 0.3 is 12.0 Å². The van der Waals surface area contributed by atoms with Gasteiger partial charge in [0.1, 0.15) is 0 Å². The molecule has 1 unspecified atom stereocenters. The summed E-state index contributed by atoms with van der Waals surface area (Å²) in [6.07, 6.45) is -0.221. The van der Waals surface area contributed by atoms with Crippen molar-refractivity contribution >= 4 is 29.4 Å². The Bertz CT molecular complexity index is 486. The number of alkyl halides is 2. The Labute approximate surface area is 118 Å². The van der Waals surface area contributed by atoms with E-state index < -0.39 is 23.8 Å². The lowest BCUT2D eigenvalue weighted by Gasteiger charge is -2.14. The number of carbonyl (C=O) groups excluding carboxylic acids is 1. The van der Waals surface area contributed by atoms with Crippen LogP contribution in [0.4, 0.5) is 19.3 Å². The highest BCUT2D eigenvalue weighted by Crippen LogP contribution is 2.31. The minimum Gasteiger partial charge on any atom is -0.481 e. The maximum absolute atomic E-state index is 12.4. The van der Waals surface area contributed by atoms with Gasteiger partial charge in [0.15, 0.2) is 0 Å². The smallest absolute Gasteiger partial charge is 0.319 e.